The van der Waals surface area contributed by atoms with Crippen LogP contribution in [0, 0.1) is 5.41 Å². The molecule has 1 nitrogen and oxygen atoms in total. The quantitative estimate of drug-likeness (QED) is 0.170. The molecule has 0 unspecified atom stereocenters. The summed E-state index contributed by atoms with van der Waals surface area (Å²) in [6.07, 6.45) is 22.0. The van der Waals surface area contributed by atoms with Crippen molar-refractivity contribution in [3.8, 4) is 0 Å². The SMILES string of the molecule is CC1=C(/C=C/C(C)=C/C=C/C(C)=C/C=C/C=C(\C)C[P+](c2ccccc2)(c2ccccc2)c2ccccc2)C(C)(C)C[C@H](O)C1.[Br-]. The second-order valence-electron chi connectivity index (χ2n) is 13.0. The van der Waals surface area contributed by atoms with Crippen molar-refractivity contribution in [2.24, 2.45) is 5.41 Å². The lowest BCUT2D eigenvalue weighted by molar-refractivity contribution is -0.0000138. The predicted molar refractivity (Wildman–Crippen MR) is 200 cm³/mol. The number of aliphatic hydroxyl groups excluding tert-OH is 1. The lowest BCUT2D eigenvalue weighted by Gasteiger charge is -2.35. The number of hydrogen-bond acceptors (Lipinski definition) is 1. The average Bonchev–Trinajstić information content (AvgIpc) is 3.02. The van der Waals surface area contributed by atoms with E-state index in [1.165, 1.54) is 43.8 Å². The Morgan fingerprint density at radius 2 is 1.17 bits per heavy atom. The molecule has 0 spiro atoms. The molecule has 0 fully saturated rings. The van der Waals surface area contributed by atoms with Crippen LogP contribution in [0.15, 0.2) is 174 Å². The van der Waals surface area contributed by atoms with Crippen LogP contribution in [0.25, 0.3) is 0 Å². The van der Waals surface area contributed by atoms with Gasteiger partial charge in [0.1, 0.15) is 23.2 Å². The molecule has 4 rings (SSSR count). The molecule has 0 heterocycles. The van der Waals surface area contributed by atoms with Crippen molar-refractivity contribution >= 4 is 23.2 Å². The van der Waals surface area contributed by atoms with Gasteiger partial charge in [-0.25, -0.2) is 0 Å². The fourth-order valence-electron chi connectivity index (χ4n) is 6.48. The van der Waals surface area contributed by atoms with Crippen molar-refractivity contribution in [3.63, 3.8) is 0 Å². The zero-order valence-corrected chi connectivity index (χ0v) is 30.8. The maximum atomic E-state index is 10.2. The Hall–Kier alpha value is -3.29. The zero-order valence-electron chi connectivity index (χ0n) is 28.3. The Kier molecular flexibility index (Phi) is 14.2. The van der Waals surface area contributed by atoms with Crippen molar-refractivity contribution in [1.29, 1.82) is 0 Å². The molecule has 1 aliphatic carbocycles. The molecule has 1 aliphatic rings. The summed E-state index contributed by atoms with van der Waals surface area (Å²) in [5.41, 5.74) is 6.42. The summed E-state index contributed by atoms with van der Waals surface area (Å²) in [6, 6.07) is 33.2. The number of rotatable bonds is 11. The van der Waals surface area contributed by atoms with Gasteiger partial charge in [-0.15, -0.1) is 0 Å². The topological polar surface area (TPSA) is 20.2 Å². The van der Waals surface area contributed by atoms with Crippen LogP contribution in [0.3, 0.4) is 0 Å². The zero-order chi connectivity index (χ0) is 32.3. The number of hydrogen-bond donors (Lipinski definition) is 1. The number of allylic oxidation sites excluding steroid dienone is 13. The van der Waals surface area contributed by atoms with Crippen LogP contribution in [-0.4, -0.2) is 17.4 Å². The van der Waals surface area contributed by atoms with Crippen LogP contribution >= 0.6 is 7.26 Å². The van der Waals surface area contributed by atoms with E-state index in [-0.39, 0.29) is 28.5 Å². The van der Waals surface area contributed by atoms with Gasteiger partial charge in [0.2, 0.25) is 0 Å². The number of aliphatic hydroxyl groups is 1. The molecule has 3 aromatic carbocycles. The van der Waals surface area contributed by atoms with E-state index in [1.807, 2.05) is 0 Å². The molecule has 46 heavy (non-hydrogen) atoms. The largest absolute Gasteiger partial charge is 1.00 e. The first-order valence-electron chi connectivity index (χ1n) is 16.1. The third-order valence-corrected chi connectivity index (χ3v) is 13.1. The van der Waals surface area contributed by atoms with Crippen LogP contribution in [0.5, 0.6) is 0 Å². The van der Waals surface area contributed by atoms with E-state index in [9.17, 15) is 5.11 Å². The summed E-state index contributed by atoms with van der Waals surface area (Å²) in [7, 11) is -1.88. The van der Waals surface area contributed by atoms with E-state index < -0.39 is 7.26 Å². The number of benzene rings is 3. The highest BCUT2D eigenvalue weighted by atomic mass is 79.9. The minimum absolute atomic E-state index is 0. The minimum atomic E-state index is -1.88. The maximum Gasteiger partial charge on any atom is 0.116 e. The Bertz CT molecular complexity index is 1520. The van der Waals surface area contributed by atoms with E-state index >= 15 is 0 Å². The molecule has 0 radical (unpaired) electrons. The maximum absolute atomic E-state index is 10.2. The molecule has 3 heteroatoms. The van der Waals surface area contributed by atoms with E-state index in [2.05, 4.69) is 187 Å². The second-order valence-corrected chi connectivity index (χ2v) is 16.5. The van der Waals surface area contributed by atoms with Crippen molar-refractivity contribution in [2.45, 2.75) is 60.5 Å². The van der Waals surface area contributed by atoms with E-state index in [0.29, 0.717) is 0 Å². The molecule has 0 bridgehead atoms. The van der Waals surface area contributed by atoms with Gasteiger partial charge in [-0.05, 0) is 93.5 Å². The van der Waals surface area contributed by atoms with Gasteiger partial charge in [0, 0.05) is 0 Å². The normalized spacial score (nSPS) is 18.1. The van der Waals surface area contributed by atoms with Crippen LogP contribution in [0.2, 0.25) is 0 Å². The average molecular weight is 694 g/mol. The van der Waals surface area contributed by atoms with Gasteiger partial charge in [0.15, 0.2) is 0 Å². The van der Waals surface area contributed by atoms with Crippen LogP contribution in [0.4, 0.5) is 0 Å². The molecule has 1 N–H and O–H groups in total. The van der Waals surface area contributed by atoms with E-state index in [0.717, 1.165) is 19.0 Å². The van der Waals surface area contributed by atoms with Gasteiger partial charge in [-0.1, -0.05) is 140 Å². The van der Waals surface area contributed by atoms with Gasteiger partial charge in [0.25, 0.3) is 0 Å². The molecule has 0 saturated heterocycles. The third kappa shape index (κ3) is 9.85. The first kappa shape index (κ1) is 37.2. The first-order valence-corrected chi connectivity index (χ1v) is 18.1. The Balaban J connectivity index is 0.00000576. The lowest BCUT2D eigenvalue weighted by atomic mass is 9.71. The highest BCUT2D eigenvalue weighted by Gasteiger charge is 2.45. The fourth-order valence-corrected chi connectivity index (χ4v) is 10.8. The van der Waals surface area contributed by atoms with E-state index in [1.54, 1.807) is 0 Å². The Labute approximate surface area is 289 Å². The van der Waals surface area contributed by atoms with Crippen molar-refractivity contribution in [1.82, 2.24) is 0 Å². The molecular weight excluding hydrogens is 643 g/mol. The summed E-state index contributed by atoms with van der Waals surface area (Å²) in [6.45, 7) is 13.1. The van der Waals surface area contributed by atoms with Gasteiger partial charge in [-0.3, -0.25) is 0 Å². The van der Waals surface area contributed by atoms with Crippen molar-refractivity contribution in [2.75, 3.05) is 6.16 Å². The van der Waals surface area contributed by atoms with Gasteiger partial charge < -0.3 is 22.1 Å². The Morgan fingerprint density at radius 1 is 0.717 bits per heavy atom. The Morgan fingerprint density at radius 3 is 1.67 bits per heavy atom. The van der Waals surface area contributed by atoms with Gasteiger partial charge in [0.05, 0.1) is 12.3 Å². The standard InChI is InChI=1S/C43H50OP.BrH/c1-34(21-18-22-35(2)29-30-42-37(4)31-38(44)32-43(42,5)6)19-16-17-20-36(3)33-45(39-23-10-7-11-24-39,40-25-12-8-13-26-40)41-27-14-9-15-28-41;/h7-30,38,44H,31-33H2,1-6H3;1H/q+1;/p-1/b17-16+,21-18+,30-29+,34-19+,35-22+,36-20+;/t38-;/m1./s1. The first-order chi connectivity index (χ1) is 21.6. The fraction of sp³-hybridized carbons (Fsp3) is 0.256. The summed E-state index contributed by atoms with van der Waals surface area (Å²) in [5, 5.41) is 14.4. The second kappa shape index (κ2) is 17.6. The smallest absolute Gasteiger partial charge is 0.116 e. The lowest BCUT2D eigenvalue weighted by Crippen LogP contribution is -3.00. The third-order valence-electron chi connectivity index (χ3n) is 8.64. The molecular formula is C43H50BrOP. The molecule has 0 aromatic heterocycles. The monoisotopic (exact) mass is 692 g/mol. The molecule has 0 amide bonds. The van der Waals surface area contributed by atoms with Crippen LogP contribution < -0.4 is 32.9 Å². The van der Waals surface area contributed by atoms with E-state index in [4.69, 9.17) is 0 Å². The predicted octanol–water partition coefficient (Wildman–Crippen LogP) is 6.99. The molecule has 0 aliphatic heterocycles. The van der Waals surface area contributed by atoms with Crippen LogP contribution in [0.1, 0.15) is 54.4 Å². The molecule has 240 valence electrons. The van der Waals surface area contributed by atoms with Crippen molar-refractivity contribution < 1.29 is 22.1 Å². The van der Waals surface area contributed by atoms with Gasteiger partial charge in [-0.2, -0.15) is 0 Å². The minimum Gasteiger partial charge on any atom is -1.00 e. The summed E-state index contributed by atoms with van der Waals surface area (Å²) in [4.78, 5) is 0. The summed E-state index contributed by atoms with van der Waals surface area (Å²) >= 11 is 0. The van der Waals surface area contributed by atoms with Crippen LogP contribution in [-0.2, 0) is 0 Å². The number of halogens is 1. The highest BCUT2D eigenvalue weighted by molar-refractivity contribution is 7.95. The summed E-state index contributed by atoms with van der Waals surface area (Å²) < 4.78 is 0. The van der Waals surface area contributed by atoms with Crippen molar-refractivity contribution in [3.05, 3.63) is 174 Å². The highest BCUT2D eigenvalue weighted by Crippen LogP contribution is 2.56. The summed E-state index contributed by atoms with van der Waals surface area (Å²) in [5.74, 6) is 0. The molecule has 1 atom stereocenters. The van der Waals surface area contributed by atoms with Gasteiger partial charge >= 0.3 is 0 Å². The molecule has 0 saturated carbocycles. The molecule has 3 aromatic rings.